The molecule has 6 heteroatoms. The van der Waals surface area contributed by atoms with E-state index in [1.807, 2.05) is 11.4 Å². The molecular formula is C15H14FN3OS. The second-order valence-electron chi connectivity index (χ2n) is 4.48. The molecule has 0 aliphatic carbocycles. The van der Waals surface area contributed by atoms with Crippen LogP contribution in [0.25, 0.3) is 10.2 Å². The van der Waals surface area contributed by atoms with Crippen LogP contribution in [0.5, 0.6) is 11.6 Å². The summed E-state index contributed by atoms with van der Waals surface area (Å²) >= 11 is 1.52. The molecule has 0 saturated heterocycles. The van der Waals surface area contributed by atoms with Gasteiger partial charge < -0.3 is 10.1 Å². The summed E-state index contributed by atoms with van der Waals surface area (Å²) in [4.78, 5) is 9.65. The van der Waals surface area contributed by atoms with Crippen molar-refractivity contribution in [1.82, 2.24) is 9.97 Å². The van der Waals surface area contributed by atoms with Gasteiger partial charge in [0.25, 0.3) is 0 Å². The molecule has 2 aromatic heterocycles. The molecule has 0 fully saturated rings. The van der Waals surface area contributed by atoms with Gasteiger partial charge in [0.1, 0.15) is 16.4 Å². The Morgan fingerprint density at radius 1 is 1.29 bits per heavy atom. The van der Waals surface area contributed by atoms with Crippen LogP contribution in [0, 0.1) is 5.82 Å². The largest absolute Gasteiger partial charge is 0.438 e. The van der Waals surface area contributed by atoms with E-state index in [9.17, 15) is 4.39 Å². The number of thiophene rings is 1. The minimum Gasteiger partial charge on any atom is -0.438 e. The molecular weight excluding hydrogens is 289 g/mol. The molecule has 0 spiro atoms. The smallest absolute Gasteiger partial charge is 0.232 e. The van der Waals surface area contributed by atoms with E-state index >= 15 is 0 Å². The molecule has 2 heterocycles. The molecule has 4 nitrogen and oxygen atoms in total. The van der Waals surface area contributed by atoms with Crippen LogP contribution in [-0.4, -0.2) is 16.5 Å². The number of rotatable bonds is 5. The number of fused-ring (bicyclic) bond motifs is 1. The number of nitrogens with one attached hydrogen (secondary N) is 1. The molecule has 0 aliphatic heterocycles. The number of ether oxygens (including phenoxy) is 1. The summed E-state index contributed by atoms with van der Waals surface area (Å²) in [5, 5.41) is 5.90. The number of hydrogen-bond donors (Lipinski definition) is 1. The number of halogens is 1. The highest BCUT2D eigenvalue weighted by Gasteiger charge is 2.11. The van der Waals surface area contributed by atoms with Crippen molar-refractivity contribution in [2.75, 3.05) is 11.9 Å². The van der Waals surface area contributed by atoms with Crippen molar-refractivity contribution in [2.45, 2.75) is 13.3 Å². The van der Waals surface area contributed by atoms with Crippen molar-refractivity contribution < 1.29 is 9.13 Å². The monoisotopic (exact) mass is 303 g/mol. The van der Waals surface area contributed by atoms with Crippen LogP contribution >= 0.6 is 11.3 Å². The van der Waals surface area contributed by atoms with E-state index in [-0.39, 0.29) is 5.82 Å². The van der Waals surface area contributed by atoms with E-state index in [4.69, 9.17) is 4.74 Å². The van der Waals surface area contributed by atoms with Gasteiger partial charge in [0, 0.05) is 12.6 Å². The van der Waals surface area contributed by atoms with Gasteiger partial charge in [0.05, 0.1) is 5.39 Å². The molecule has 0 bridgehead atoms. The lowest BCUT2D eigenvalue weighted by atomic mass is 10.3. The molecule has 108 valence electrons. The Hall–Kier alpha value is -2.21. The number of benzene rings is 1. The molecule has 21 heavy (non-hydrogen) atoms. The van der Waals surface area contributed by atoms with E-state index in [1.54, 1.807) is 12.1 Å². The first-order valence-corrected chi connectivity index (χ1v) is 7.57. The number of hydrogen-bond acceptors (Lipinski definition) is 5. The summed E-state index contributed by atoms with van der Waals surface area (Å²) in [6.45, 7) is 2.86. The van der Waals surface area contributed by atoms with Gasteiger partial charge in [0.15, 0.2) is 0 Å². The zero-order chi connectivity index (χ0) is 14.7. The second-order valence-corrected chi connectivity index (χ2v) is 5.37. The van der Waals surface area contributed by atoms with Crippen LogP contribution in [0.1, 0.15) is 13.3 Å². The fourth-order valence-electron chi connectivity index (χ4n) is 1.86. The SMILES string of the molecule is CCCNc1nc(Oc2cccc(F)c2)c2ccsc2n1. The Bertz CT molecular complexity index is 760. The zero-order valence-corrected chi connectivity index (χ0v) is 12.3. The van der Waals surface area contributed by atoms with Gasteiger partial charge in [-0.05, 0) is 30.0 Å². The zero-order valence-electron chi connectivity index (χ0n) is 11.5. The van der Waals surface area contributed by atoms with Gasteiger partial charge in [-0.15, -0.1) is 11.3 Å². The van der Waals surface area contributed by atoms with Gasteiger partial charge in [-0.2, -0.15) is 4.98 Å². The molecule has 0 atom stereocenters. The molecule has 0 saturated carbocycles. The van der Waals surface area contributed by atoms with Crippen molar-refractivity contribution >= 4 is 27.5 Å². The first kappa shape index (κ1) is 13.8. The highest BCUT2D eigenvalue weighted by atomic mass is 32.1. The molecule has 3 aromatic rings. The fourth-order valence-corrected chi connectivity index (χ4v) is 2.62. The predicted octanol–water partition coefficient (Wildman–Crippen LogP) is 4.44. The maximum atomic E-state index is 13.2. The molecule has 0 radical (unpaired) electrons. The van der Waals surface area contributed by atoms with Crippen molar-refractivity contribution in [2.24, 2.45) is 0 Å². The third-order valence-corrected chi connectivity index (χ3v) is 3.64. The first-order chi connectivity index (χ1) is 10.3. The number of anilines is 1. The van der Waals surface area contributed by atoms with Crippen molar-refractivity contribution in [1.29, 1.82) is 0 Å². The van der Waals surface area contributed by atoms with E-state index in [2.05, 4.69) is 22.2 Å². The number of aromatic nitrogens is 2. The fraction of sp³-hybridized carbons (Fsp3) is 0.200. The third-order valence-electron chi connectivity index (χ3n) is 2.83. The van der Waals surface area contributed by atoms with Gasteiger partial charge in [-0.25, -0.2) is 9.37 Å². The summed E-state index contributed by atoms with van der Waals surface area (Å²) in [6, 6.07) is 7.91. The minimum absolute atomic E-state index is 0.340. The van der Waals surface area contributed by atoms with Crippen molar-refractivity contribution in [3.8, 4) is 11.6 Å². The maximum Gasteiger partial charge on any atom is 0.232 e. The average molecular weight is 303 g/mol. The predicted molar refractivity (Wildman–Crippen MR) is 82.7 cm³/mol. The standard InChI is InChI=1S/C15H14FN3OS/c1-2-7-17-15-18-13(12-6-8-21-14(12)19-15)20-11-5-3-4-10(16)9-11/h3-6,8-9H,2,7H2,1H3,(H,17,18,19). The Balaban J connectivity index is 1.97. The summed E-state index contributed by atoms with van der Waals surface area (Å²) in [5.74, 6) is 1.04. The lowest BCUT2D eigenvalue weighted by molar-refractivity contribution is 0.464. The van der Waals surface area contributed by atoms with Crippen LogP contribution < -0.4 is 10.1 Å². The van der Waals surface area contributed by atoms with E-state index < -0.39 is 0 Å². The maximum absolute atomic E-state index is 13.2. The van der Waals surface area contributed by atoms with E-state index in [0.717, 1.165) is 23.2 Å². The Morgan fingerprint density at radius 3 is 3.00 bits per heavy atom. The van der Waals surface area contributed by atoms with Crippen LogP contribution in [0.2, 0.25) is 0 Å². The van der Waals surface area contributed by atoms with E-state index in [0.29, 0.717) is 17.6 Å². The molecule has 0 unspecified atom stereocenters. The second kappa shape index (κ2) is 6.05. The topological polar surface area (TPSA) is 47.0 Å². The van der Waals surface area contributed by atoms with Crippen LogP contribution in [-0.2, 0) is 0 Å². The third kappa shape index (κ3) is 3.11. The van der Waals surface area contributed by atoms with Gasteiger partial charge in [-0.1, -0.05) is 13.0 Å². The average Bonchev–Trinajstić information content (AvgIpc) is 2.94. The van der Waals surface area contributed by atoms with Crippen molar-refractivity contribution in [3.05, 3.63) is 41.5 Å². The molecule has 1 N–H and O–H groups in total. The van der Waals surface area contributed by atoms with Crippen LogP contribution in [0.3, 0.4) is 0 Å². The molecule has 0 aliphatic rings. The van der Waals surface area contributed by atoms with Gasteiger partial charge in [-0.3, -0.25) is 0 Å². The quantitative estimate of drug-likeness (QED) is 0.756. The summed E-state index contributed by atoms with van der Waals surface area (Å²) in [5.41, 5.74) is 0. The Labute approximate surface area is 125 Å². The normalized spacial score (nSPS) is 10.8. The molecule has 3 rings (SSSR count). The highest BCUT2D eigenvalue weighted by Crippen LogP contribution is 2.31. The summed E-state index contributed by atoms with van der Waals surface area (Å²) < 4.78 is 19.0. The lowest BCUT2D eigenvalue weighted by Crippen LogP contribution is -2.04. The highest BCUT2D eigenvalue weighted by molar-refractivity contribution is 7.16. The van der Waals surface area contributed by atoms with Gasteiger partial charge >= 0.3 is 0 Å². The van der Waals surface area contributed by atoms with Crippen LogP contribution in [0.4, 0.5) is 10.3 Å². The van der Waals surface area contributed by atoms with Crippen molar-refractivity contribution in [3.63, 3.8) is 0 Å². The Morgan fingerprint density at radius 2 is 2.19 bits per heavy atom. The summed E-state index contributed by atoms with van der Waals surface area (Å²) in [7, 11) is 0. The lowest BCUT2D eigenvalue weighted by Gasteiger charge is -2.08. The Kier molecular flexibility index (Phi) is 3.96. The summed E-state index contributed by atoms with van der Waals surface area (Å²) in [6.07, 6.45) is 0.978. The molecule has 1 aromatic carbocycles. The minimum atomic E-state index is -0.340. The number of nitrogens with zero attached hydrogens (tertiary/aromatic N) is 2. The van der Waals surface area contributed by atoms with E-state index in [1.165, 1.54) is 23.5 Å². The first-order valence-electron chi connectivity index (χ1n) is 6.69. The molecule has 0 amide bonds. The van der Waals surface area contributed by atoms with Crippen LogP contribution in [0.15, 0.2) is 35.7 Å². The van der Waals surface area contributed by atoms with Gasteiger partial charge in [0.2, 0.25) is 11.8 Å².